The lowest BCUT2D eigenvalue weighted by atomic mass is 9.93. The van der Waals surface area contributed by atoms with Crippen molar-refractivity contribution in [3.8, 4) is 0 Å². The van der Waals surface area contributed by atoms with Gasteiger partial charge in [-0.3, -0.25) is 4.79 Å². The van der Waals surface area contributed by atoms with Gasteiger partial charge in [-0.25, -0.2) is 0 Å². The van der Waals surface area contributed by atoms with E-state index in [1.807, 2.05) is 0 Å². The summed E-state index contributed by atoms with van der Waals surface area (Å²) in [6.07, 6.45) is 4.40. The molecule has 4 nitrogen and oxygen atoms in total. The zero-order valence-corrected chi connectivity index (χ0v) is 10.9. The number of likely N-dealkylation sites (tertiary alicyclic amines) is 2. The third-order valence-corrected chi connectivity index (χ3v) is 4.23. The molecule has 2 saturated heterocycles. The van der Waals surface area contributed by atoms with E-state index in [0.29, 0.717) is 11.8 Å². The first-order valence-electron chi connectivity index (χ1n) is 6.88. The molecule has 98 valence electrons. The van der Waals surface area contributed by atoms with E-state index in [-0.39, 0.29) is 5.92 Å². The van der Waals surface area contributed by atoms with E-state index in [1.165, 1.54) is 0 Å². The lowest BCUT2D eigenvalue weighted by molar-refractivity contribution is -0.138. The van der Waals surface area contributed by atoms with Crippen LogP contribution in [0.4, 0.5) is 0 Å². The molecule has 2 fully saturated rings. The monoisotopic (exact) mass is 239 g/mol. The van der Waals surface area contributed by atoms with Gasteiger partial charge in [-0.2, -0.15) is 0 Å². The molecule has 2 aliphatic heterocycles. The highest BCUT2D eigenvalue weighted by Crippen LogP contribution is 2.22. The Balaban J connectivity index is 1.83. The molecule has 1 amide bonds. The highest BCUT2D eigenvalue weighted by atomic mass is 16.2. The van der Waals surface area contributed by atoms with Crippen LogP contribution < -0.4 is 5.73 Å². The fourth-order valence-corrected chi connectivity index (χ4v) is 3.02. The lowest BCUT2D eigenvalue weighted by Gasteiger charge is -2.36. The second kappa shape index (κ2) is 5.83. The number of carbonyl (C=O) groups is 1. The summed E-state index contributed by atoms with van der Waals surface area (Å²) in [7, 11) is 2.11. The Labute approximate surface area is 104 Å². The van der Waals surface area contributed by atoms with Crippen molar-refractivity contribution in [1.82, 2.24) is 9.80 Å². The Morgan fingerprint density at radius 2 is 1.94 bits per heavy atom. The molecule has 0 aliphatic carbocycles. The van der Waals surface area contributed by atoms with Gasteiger partial charge >= 0.3 is 0 Å². The summed E-state index contributed by atoms with van der Waals surface area (Å²) in [6.45, 7) is 4.69. The molecule has 0 bridgehead atoms. The van der Waals surface area contributed by atoms with E-state index in [0.717, 1.165) is 58.4 Å². The zero-order chi connectivity index (χ0) is 12.3. The Morgan fingerprint density at radius 3 is 2.53 bits per heavy atom. The Morgan fingerprint density at radius 1 is 1.24 bits per heavy atom. The van der Waals surface area contributed by atoms with E-state index >= 15 is 0 Å². The third-order valence-electron chi connectivity index (χ3n) is 4.23. The van der Waals surface area contributed by atoms with Crippen LogP contribution >= 0.6 is 0 Å². The van der Waals surface area contributed by atoms with Crippen LogP contribution in [0.15, 0.2) is 0 Å². The van der Waals surface area contributed by atoms with E-state index in [9.17, 15) is 4.79 Å². The van der Waals surface area contributed by atoms with E-state index in [4.69, 9.17) is 5.73 Å². The molecule has 0 spiro atoms. The third kappa shape index (κ3) is 3.19. The van der Waals surface area contributed by atoms with Gasteiger partial charge in [-0.05, 0) is 51.7 Å². The first kappa shape index (κ1) is 12.8. The molecule has 4 heteroatoms. The topological polar surface area (TPSA) is 49.6 Å². The van der Waals surface area contributed by atoms with Gasteiger partial charge in [0.2, 0.25) is 5.91 Å². The summed E-state index contributed by atoms with van der Waals surface area (Å²) in [5.74, 6) is 1.25. The second-order valence-corrected chi connectivity index (χ2v) is 5.61. The quantitative estimate of drug-likeness (QED) is 0.764. The van der Waals surface area contributed by atoms with Gasteiger partial charge in [-0.15, -0.1) is 0 Å². The highest BCUT2D eigenvalue weighted by molar-refractivity contribution is 5.79. The number of carbonyl (C=O) groups excluding carboxylic acids is 1. The zero-order valence-electron chi connectivity index (χ0n) is 10.9. The largest absolute Gasteiger partial charge is 0.342 e. The van der Waals surface area contributed by atoms with E-state index in [2.05, 4.69) is 16.8 Å². The van der Waals surface area contributed by atoms with Crippen molar-refractivity contribution in [2.45, 2.75) is 25.7 Å². The number of hydrogen-bond acceptors (Lipinski definition) is 3. The van der Waals surface area contributed by atoms with Crippen molar-refractivity contribution in [2.75, 3.05) is 39.8 Å². The predicted molar refractivity (Wildman–Crippen MR) is 68.6 cm³/mol. The van der Waals surface area contributed by atoms with Gasteiger partial charge in [-0.1, -0.05) is 0 Å². The summed E-state index contributed by atoms with van der Waals surface area (Å²) in [5.41, 5.74) is 5.68. The fraction of sp³-hybridized carbons (Fsp3) is 0.923. The minimum atomic E-state index is 0.239. The summed E-state index contributed by atoms with van der Waals surface area (Å²) < 4.78 is 0. The van der Waals surface area contributed by atoms with Crippen LogP contribution in [0.25, 0.3) is 0 Å². The van der Waals surface area contributed by atoms with Gasteiger partial charge in [0.15, 0.2) is 0 Å². The normalized spacial score (nSPS) is 28.4. The molecule has 2 aliphatic rings. The smallest absolute Gasteiger partial charge is 0.226 e. The molecule has 0 saturated carbocycles. The van der Waals surface area contributed by atoms with Crippen molar-refractivity contribution in [1.29, 1.82) is 0 Å². The van der Waals surface area contributed by atoms with Crippen LogP contribution in [0.2, 0.25) is 0 Å². The van der Waals surface area contributed by atoms with Gasteiger partial charge < -0.3 is 15.5 Å². The van der Waals surface area contributed by atoms with Crippen molar-refractivity contribution in [3.05, 3.63) is 0 Å². The summed E-state index contributed by atoms with van der Waals surface area (Å²) >= 11 is 0. The Hall–Kier alpha value is -0.610. The van der Waals surface area contributed by atoms with Crippen LogP contribution in [0, 0.1) is 11.8 Å². The molecule has 0 aromatic rings. The van der Waals surface area contributed by atoms with E-state index < -0.39 is 0 Å². The van der Waals surface area contributed by atoms with Crippen molar-refractivity contribution in [2.24, 2.45) is 17.6 Å². The number of nitrogens with zero attached hydrogens (tertiary/aromatic N) is 2. The summed E-state index contributed by atoms with van der Waals surface area (Å²) in [4.78, 5) is 16.7. The minimum Gasteiger partial charge on any atom is -0.342 e. The Kier molecular flexibility index (Phi) is 4.40. The van der Waals surface area contributed by atoms with Crippen molar-refractivity contribution >= 4 is 5.91 Å². The molecule has 0 unspecified atom stereocenters. The minimum absolute atomic E-state index is 0.239. The van der Waals surface area contributed by atoms with Crippen molar-refractivity contribution in [3.63, 3.8) is 0 Å². The predicted octanol–water partition coefficient (Wildman–Crippen LogP) is 0.526. The average Bonchev–Trinajstić information content (AvgIpc) is 2.38. The molecule has 2 heterocycles. The molecular formula is C13H25N3O. The Bertz CT molecular complexity index is 261. The van der Waals surface area contributed by atoms with Gasteiger partial charge in [0.25, 0.3) is 0 Å². The molecule has 0 aromatic heterocycles. The molecule has 17 heavy (non-hydrogen) atoms. The molecule has 0 aromatic carbocycles. The first-order chi connectivity index (χ1) is 8.20. The second-order valence-electron chi connectivity index (χ2n) is 5.61. The number of rotatable bonds is 2. The van der Waals surface area contributed by atoms with Gasteiger partial charge in [0.05, 0.1) is 5.92 Å². The fourth-order valence-electron chi connectivity index (χ4n) is 3.02. The average molecular weight is 239 g/mol. The lowest BCUT2D eigenvalue weighted by Crippen LogP contribution is -2.47. The first-order valence-corrected chi connectivity index (χ1v) is 6.88. The van der Waals surface area contributed by atoms with Gasteiger partial charge in [0.1, 0.15) is 0 Å². The maximum Gasteiger partial charge on any atom is 0.226 e. The SMILES string of the molecule is CN1CCC[C@H](C(=O)N2CCC(CN)CC2)C1. The van der Waals surface area contributed by atoms with E-state index in [1.54, 1.807) is 0 Å². The highest BCUT2D eigenvalue weighted by Gasteiger charge is 2.30. The number of nitrogens with two attached hydrogens (primary N) is 1. The van der Waals surface area contributed by atoms with Crippen LogP contribution in [0.3, 0.4) is 0 Å². The standard InChI is InChI=1S/C13H25N3O/c1-15-6-2-3-12(10-15)13(17)16-7-4-11(9-14)5-8-16/h11-12H,2-10,14H2,1H3/t12-/m0/s1. The van der Waals surface area contributed by atoms with Crippen LogP contribution in [-0.4, -0.2) is 55.5 Å². The van der Waals surface area contributed by atoms with Crippen LogP contribution in [0.5, 0.6) is 0 Å². The van der Waals surface area contributed by atoms with Crippen LogP contribution in [0.1, 0.15) is 25.7 Å². The maximum atomic E-state index is 12.4. The van der Waals surface area contributed by atoms with Crippen molar-refractivity contribution < 1.29 is 4.79 Å². The summed E-state index contributed by atoms with van der Waals surface area (Å²) in [5, 5.41) is 0. The molecule has 2 N–H and O–H groups in total. The van der Waals surface area contributed by atoms with Crippen LogP contribution in [-0.2, 0) is 4.79 Å². The van der Waals surface area contributed by atoms with Gasteiger partial charge in [0, 0.05) is 19.6 Å². The number of piperidine rings is 2. The number of hydrogen-bond donors (Lipinski definition) is 1. The molecule has 2 rings (SSSR count). The molecule has 0 radical (unpaired) electrons. The summed E-state index contributed by atoms with van der Waals surface area (Å²) in [6, 6.07) is 0. The molecular weight excluding hydrogens is 214 g/mol. The molecule has 1 atom stereocenters. The number of amides is 1. The maximum absolute atomic E-state index is 12.4.